The second-order valence-corrected chi connectivity index (χ2v) is 10.8. The first-order valence-electron chi connectivity index (χ1n) is 12.8. The number of hydrogen-bond acceptors (Lipinski definition) is 5. The highest BCUT2D eigenvalue weighted by Crippen LogP contribution is 2.40. The molecule has 0 spiro atoms. The highest BCUT2D eigenvalue weighted by Gasteiger charge is 2.34. The van der Waals surface area contributed by atoms with Gasteiger partial charge in [0.15, 0.2) is 0 Å². The Bertz CT molecular complexity index is 855. The summed E-state index contributed by atoms with van der Waals surface area (Å²) in [6.45, 7) is 7.31. The third-order valence-electron chi connectivity index (χ3n) is 7.12. The Morgan fingerprint density at radius 2 is 2.09 bits per heavy atom. The lowest BCUT2D eigenvalue weighted by Gasteiger charge is -2.34. The van der Waals surface area contributed by atoms with Crippen LogP contribution in [-0.2, 0) is 15.9 Å². The fourth-order valence-corrected chi connectivity index (χ4v) is 4.75. The summed E-state index contributed by atoms with van der Waals surface area (Å²) >= 11 is 0. The molecule has 7 nitrogen and oxygen atoms in total. The molecule has 0 bridgehead atoms. The van der Waals surface area contributed by atoms with Crippen LogP contribution >= 0.6 is 0 Å². The van der Waals surface area contributed by atoms with Crippen LogP contribution in [0.5, 0.6) is 0 Å². The predicted molar refractivity (Wildman–Crippen MR) is 133 cm³/mol. The van der Waals surface area contributed by atoms with E-state index in [2.05, 4.69) is 11.5 Å². The number of carbonyl (C=O) groups excluding carboxylic acids is 1. The lowest BCUT2D eigenvalue weighted by Crippen LogP contribution is -2.48. The Morgan fingerprint density at radius 3 is 2.66 bits per heavy atom. The van der Waals surface area contributed by atoms with Crippen LogP contribution in [0.15, 0.2) is 12.3 Å². The quantitative estimate of drug-likeness (QED) is 0.458. The minimum absolute atomic E-state index is 0.0652. The molecule has 1 N–H and O–H groups in total. The molecule has 9 heteroatoms. The molecule has 2 aliphatic rings. The van der Waals surface area contributed by atoms with Crippen LogP contribution in [0.2, 0.25) is 0 Å². The van der Waals surface area contributed by atoms with Crippen molar-refractivity contribution in [2.75, 3.05) is 46.7 Å². The molecule has 1 atom stereocenters. The van der Waals surface area contributed by atoms with Crippen LogP contribution in [0.3, 0.4) is 0 Å². The number of ether oxygens (including phenoxy) is 2. The molecule has 35 heavy (non-hydrogen) atoms. The van der Waals surface area contributed by atoms with Crippen molar-refractivity contribution in [1.82, 2.24) is 20.0 Å². The number of halogens is 2. The van der Waals surface area contributed by atoms with Crippen LogP contribution < -0.4 is 5.32 Å². The molecule has 0 aromatic carbocycles. The highest BCUT2D eigenvalue weighted by molar-refractivity contribution is 5.68. The van der Waals surface area contributed by atoms with Gasteiger partial charge in [-0.25, -0.2) is 9.48 Å². The van der Waals surface area contributed by atoms with Crippen LogP contribution in [0.4, 0.5) is 13.6 Å². The first kappa shape index (κ1) is 27.6. The molecular formula is C26H42F2N4O3. The van der Waals surface area contributed by atoms with Crippen molar-refractivity contribution in [3.05, 3.63) is 23.5 Å². The Kier molecular flexibility index (Phi) is 9.69. The van der Waals surface area contributed by atoms with Crippen molar-refractivity contribution in [3.63, 3.8) is 0 Å². The van der Waals surface area contributed by atoms with Gasteiger partial charge in [0.2, 0.25) is 0 Å². The number of rotatable bonds is 10. The van der Waals surface area contributed by atoms with Crippen LogP contribution in [0.25, 0.3) is 5.57 Å². The first-order valence-corrected chi connectivity index (χ1v) is 12.8. The number of amides is 1. The van der Waals surface area contributed by atoms with Gasteiger partial charge in [-0.15, -0.1) is 0 Å². The van der Waals surface area contributed by atoms with E-state index >= 15 is 0 Å². The standard InChI is InChI=1S/C26H42F2N4O3/c1-25(2,3)31(24(33)34-4)15-14-29-13-10-21-17-32(22-7-5-6-16-35-22)30-23(21)20-8-11-26(18-27,19-28)12-9-20/h8,17,22,29H,5-7,9-16,18-19H2,1-4H3. The van der Waals surface area contributed by atoms with E-state index in [0.717, 1.165) is 55.7 Å². The number of carbonyl (C=O) groups is 1. The zero-order chi connectivity index (χ0) is 25.5. The Labute approximate surface area is 208 Å². The molecule has 1 aliphatic carbocycles. The molecule has 198 valence electrons. The zero-order valence-electron chi connectivity index (χ0n) is 21.7. The predicted octanol–water partition coefficient (Wildman–Crippen LogP) is 5.07. The number of methoxy groups -OCH3 is 1. The summed E-state index contributed by atoms with van der Waals surface area (Å²) in [5.41, 5.74) is 1.88. The molecule has 0 saturated carbocycles. The average Bonchev–Trinajstić information content (AvgIpc) is 3.29. The van der Waals surface area contributed by atoms with Crippen LogP contribution in [0, 0.1) is 5.41 Å². The largest absolute Gasteiger partial charge is 0.453 e. The minimum Gasteiger partial charge on any atom is -0.453 e. The van der Waals surface area contributed by atoms with Gasteiger partial charge < -0.3 is 19.7 Å². The molecule has 3 rings (SSSR count). The van der Waals surface area contributed by atoms with E-state index < -0.39 is 18.8 Å². The minimum atomic E-state index is -0.876. The SMILES string of the molecule is COC(=O)N(CCNCCc1cn(C2CCCCO2)nc1C1=CCC(CF)(CF)CC1)C(C)(C)C. The summed E-state index contributed by atoms with van der Waals surface area (Å²) in [7, 11) is 1.40. The smallest absolute Gasteiger partial charge is 0.409 e. The lowest BCUT2D eigenvalue weighted by atomic mass is 9.76. The summed E-state index contributed by atoms with van der Waals surface area (Å²) in [5.74, 6) is 0. The Morgan fingerprint density at radius 1 is 1.31 bits per heavy atom. The van der Waals surface area contributed by atoms with Gasteiger partial charge in [-0.2, -0.15) is 5.10 Å². The van der Waals surface area contributed by atoms with E-state index in [9.17, 15) is 13.6 Å². The van der Waals surface area contributed by atoms with E-state index in [1.54, 1.807) is 4.90 Å². The average molecular weight is 497 g/mol. The second kappa shape index (κ2) is 12.3. The zero-order valence-corrected chi connectivity index (χ0v) is 21.7. The monoisotopic (exact) mass is 496 g/mol. The molecule has 1 fully saturated rings. The van der Waals surface area contributed by atoms with Gasteiger partial charge in [-0.1, -0.05) is 6.08 Å². The van der Waals surface area contributed by atoms with Gasteiger partial charge in [0.25, 0.3) is 0 Å². The molecule has 0 radical (unpaired) electrons. The Hall–Kier alpha value is -2.00. The number of allylic oxidation sites excluding steroid dienone is 2. The van der Waals surface area contributed by atoms with Gasteiger partial charge in [-0.3, -0.25) is 8.78 Å². The molecule has 1 aromatic heterocycles. The highest BCUT2D eigenvalue weighted by atomic mass is 19.1. The maximum absolute atomic E-state index is 13.5. The van der Waals surface area contributed by atoms with Crippen molar-refractivity contribution >= 4 is 11.7 Å². The first-order chi connectivity index (χ1) is 16.7. The summed E-state index contributed by atoms with van der Waals surface area (Å²) in [4.78, 5) is 13.8. The Balaban J connectivity index is 1.67. The number of aromatic nitrogens is 2. The van der Waals surface area contributed by atoms with E-state index in [4.69, 9.17) is 14.6 Å². The fraction of sp³-hybridized carbons (Fsp3) is 0.769. The van der Waals surface area contributed by atoms with Crippen molar-refractivity contribution in [2.45, 2.75) is 77.5 Å². The van der Waals surface area contributed by atoms with Gasteiger partial charge in [0.1, 0.15) is 6.23 Å². The van der Waals surface area contributed by atoms with Gasteiger partial charge in [-0.05, 0) is 83.4 Å². The summed E-state index contributed by atoms with van der Waals surface area (Å²) in [6.07, 6.45) is 9.02. The maximum atomic E-state index is 13.5. The van der Waals surface area contributed by atoms with Gasteiger partial charge in [0.05, 0.1) is 26.2 Å². The number of alkyl halides is 2. The molecule has 1 unspecified atom stereocenters. The van der Waals surface area contributed by atoms with E-state index in [1.165, 1.54) is 7.11 Å². The normalized spacial score (nSPS) is 20.4. The summed E-state index contributed by atoms with van der Waals surface area (Å²) < 4.78 is 39.8. The molecular weight excluding hydrogens is 454 g/mol. The van der Waals surface area contributed by atoms with Crippen molar-refractivity contribution in [3.8, 4) is 0 Å². The molecule has 1 aromatic rings. The lowest BCUT2D eigenvalue weighted by molar-refractivity contribution is -0.0395. The third kappa shape index (κ3) is 7.03. The van der Waals surface area contributed by atoms with Gasteiger partial charge >= 0.3 is 6.09 Å². The molecule has 1 saturated heterocycles. The summed E-state index contributed by atoms with van der Waals surface area (Å²) in [5, 5.41) is 8.32. The van der Waals surface area contributed by atoms with E-state index in [1.807, 2.05) is 31.5 Å². The van der Waals surface area contributed by atoms with Crippen LogP contribution in [-0.4, -0.2) is 73.0 Å². The summed E-state index contributed by atoms with van der Waals surface area (Å²) in [6, 6.07) is 0. The topological polar surface area (TPSA) is 68.6 Å². The van der Waals surface area contributed by atoms with Crippen LogP contribution in [0.1, 0.15) is 76.8 Å². The molecule has 1 amide bonds. The molecule has 1 aliphatic heterocycles. The van der Waals surface area contributed by atoms with Crippen molar-refractivity contribution in [1.29, 1.82) is 0 Å². The second-order valence-electron chi connectivity index (χ2n) is 10.8. The van der Waals surface area contributed by atoms with Crippen molar-refractivity contribution < 1.29 is 23.0 Å². The number of nitrogens with zero attached hydrogens (tertiary/aromatic N) is 3. The van der Waals surface area contributed by atoms with Crippen molar-refractivity contribution in [2.24, 2.45) is 5.41 Å². The molecule has 2 heterocycles. The van der Waals surface area contributed by atoms with E-state index in [-0.39, 0.29) is 17.9 Å². The number of nitrogens with one attached hydrogen (secondary N) is 1. The maximum Gasteiger partial charge on any atom is 0.409 e. The third-order valence-corrected chi connectivity index (χ3v) is 7.12. The van der Waals surface area contributed by atoms with E-state index in [0.29, 0.717) is 32.4 Å². The number of hydrogen-bond donors (Lipinski definition) is 1. The van der Waals surface area contributed by atoms with Gasteiger partial charge in [0, 0.05) is 36.8 Å². The fourth-order valence-electron chi connectivity index (χ4n) is 4.75.